The predicted octanol–water partition coefficient (Wildman–Crippen LogP) is 1.88. The second-order valence-electron chi connectivity index (χ2n) is 3.73. The van der Waals surface area contributed by atoms with Crippen LogP contribution in [-0.2, 0) is 4.79 Å². The summed E-state index contributed by atoms with van der Waals surface area (Å²) in [7, 11) is 1.56. The van der Waals surface area contributed by atoms with Gasteiger partial charge in [0, 0.05) is 13.1 Å². The molecule has 0 saturated carbocycles. The number of nitrogens with zero attached hydrogens (tertiary/aromatic N) is 2. The number of likely N-dealkylation sites (N-methyl/N-ethyl adjacent to an activating group) is 1. The molecule has 1 aromatic carbocycles. The predicted molar refractivity (Wildman–Crippen MR) is 59.5 cm³/mol. The first-order valence-corrected chi connectivity index (χ1v) is 5.01. The summed E-state index contributed by atoms with van der Waals surface area (Å²) in [5.74, 6) is -1.41. The van der Waals surface area contributed by atoms with E-state index in [0.717, 1.165) is 0 Å². The third-order valence-electron chi connectivity index (χ3n) is 2.58. The Morgan fingerprint density at radius 2 is 2.29 bits per heavy atom. The van der Waals surface area contributed by atoms with Gasteiger partial charge in [0.15, 0.2) is 5.58 Å². The normalized spacial score (nSPS) is 12.6. The number of halogens is 1. The van der Waals surface area contributed by atoms with E-state index in [2.05, 4.69) is 4.98 Å². The molecule has 5 nitrogen and oxygen atoms in total. The minimum absolute atomic E-state index is 0.153. The largest absolute Gasteiger partial charge is 0.480 e. The average molecular weight is 238 g/mol. The molecule has 0 bridgehead atoms. The highest BCUT2D eigenvalue weighted by Crippen LogP contribution is 2.22. The maximum atomic E-state index is 12.9. The monoisotopic (exact) mass is 238 g/mol. The van der Waals surface area contributed by atoms with Crippen molar-refractivity contribution in [3.05, 3.63) is 24.0 Å². The zero-order valence-electron chi connectivity index (χ0n) is 9.35. The highest BCUT2D eigenvalue weighted by Gasteiger charge is 2.21. The second kappa shape index (κ2) is 4.04. The maximum Gasteiger partial charge on any atom is 0.326 e. The van der Waals surface area contributed by atoms with E-state index in [1.165, 1.54) is 30.0 Å². The number of rotatable bonds is 3. The lowest BCUT2D eigenvalue weighted by molar-refractivity contribution is -0.138. The van der Waals surface area contributed by atoms with E-state index in [4.69, 9.17) is 9.52 Å². The van der Waals surface area contributed by atoms with Crippen LogP contribution >= 0.6 is 0 Å². The molecule has 0 fully saturated rings. The van der Waals surface area contributed by atoms with Gasteiger partial charge in [0.05, 0.1) is 0 Å². The molecule has 90 valence electrons. The van der Waals surface area contributed by atoms with Crippen LogP contribution in [0.25, 0.3) is 11.1 Å². The van der Waals surface area contributed by atoms with Crippen molar-refractivity contribution in [1.82, 2.24) is 4.98 Å². The molecule has 0 aliphatic carbocycles. The fourth-order valence-corrected chi connectivity index (χ4v) is 1.37. The van der Waals surface area contributed by atoms with Crippen LogP contribution in [0.4, 0.5) is 10.4 Å². The van der Waals surface area contributed by atoms with E-state index in [-0.39, 0.29) is 6.01 Å². The Labute approximate surface area is 96.5 Å². The Bertz CT molecular complexity index is 567. The fourth-order valence-electron chi connectivity index (χ4n) is 1.37. The molecule has 0 spiro atoms. The van der Waals surface area contributed by atoms with Gasteiger partial charge in [-0.1, -0.05) is 0 Å². The SMILES string of the molecule is CC(C(=O)O)N(C)c1nc2ccc(F)cc2o1. The lowest BCUT2D eigenvalue weighted by Gasteiger charge is -2.18. The van der Waals surface area contributed by atoms with Crippen molar-refractivity contribution in [2.24, 2.45) is 0 Å². The van der Waals surface area contributed by atoms with Crippen LogP contribution in [0.3, 0.4) is 0 Å². The van der Waals surface area contributed by atoms with Crippen LogP contribution in [0.1, 0.15) is 6.92 Å². The van der Waals surface area contributed by atoms with Crippen LogP contribution in [0.15, 0.2) is 22.6 Å². The zero-order valence-corrected chi connectivity index (χ0v) is 9.35. The third kappa shape index (κ3) is 2.06. The molecular weight excluding hydrogens is 227 g/mol. The number of aromatic nitrogens is 1. The van der Waals surface area contributed by atoms with E-state index in [1.807, 2.05) is 0 Å². The van der Waals surface area contributed by atoms with Gasteiger partial charge in [-0.15, -0.1) is 0 Å². The van der Waals surface area contributed by atoms with Crippen molar-refractivity contribution in [3.8, 4) is 0 Å². The molecule has 0 radical (unpaired) electrons. The summed E-state index contributed by atoms with van der Waals surface area (Å²) < 4.78 is 18.2. The summed E-state index contributed by atoms with van der Waals surface area (Å²) >= 11 is 0. The van der Waals surface area contributed by atoms with Gasteiger partial charge in [-0.25, -0.2) is 9.18 Å². The van der Waals surface area contributed by atoms with Crippen molar-refractivity contribution in [2.75, 3.05) is 11.9 Å². The number of aliphatic carboxylic acids is 1. The molecule has 1 N–H and O–H groups in total. The first-order chi connectivity index (χ1) is 7.99. The molecule has 0 aliphatic rings. The van der Waals surface area contributed by atoms with Gasteiger partial charge in [-0.3, -0.25) is 0 Å². The molecule has 1 atom stereocenters. The molecule has 0 aliphatic heterocycles. The van der Waals surface area contributed by atoms with Crippen LogP contribution in [-0.4, -0.2) is 29.1 Å². The Morgan fingerprint density at radius 3 is 2.94 bits per heavy atom. The summed E-state index contributed by atoms with van der Waals surface area (Å²) in [6, 6.07) is 3.35. The number of carboxylic acid groups (broad SMARTS) is 1. The molecule has 2 rings (SSSR count). The lowest BCUT2D eigenvalue weighted by Crippen LogP contribution is -2.35. The Morgan fingerprint density at radius 1 is 1.59 bits per heavy atom. The van der Waals surface area contributed by atoms with Crippen molar-refractivity contribution >= 4 is 23.1 Å². The van der Waals surface area contributed by atoms with Gasteiger partial charge in [-0.2, -0.15) is 4.98 Å². The Kier molecular flexibility index (Phi) is 2.71. The number of carboxylic acids is 1. The average Bonchev–Trinajstić information content (AvgIpc) is 2.69. The van der Waals surface area contributed by atoms with Gasteiger partial charge in [0.2, 0.25) is 0 Å². The van der Waals surface area contributed by atoms with Crippen molar-refractivity contribution in [3.63, 3.8) is 0 Å². The van der Waals surface area contributed by atoms with E-state index in [0.29, 0.717) is 11.1 Å². The standard InChI is InChI=1S/C11H11FN2O3/c1-6(10(15)16)14(2)11-13-8-4-3-7(12)5-9(8)17-11/h3-6H,1-2H3,(H,15,16). The first-order valence-electron chi connectivity index (χ1n) is 5.01. The highest BCUT2D eigenvalue weighted by atomic mass is 19.1. The molecule has 1 heterocycles. The summed E-state index contributed by atoms with van der Waals surface area (Å²) in [6.45, 7) is 1.51. The zero-order chi connectivity index (χ0) is 12.6. The van der Waals surface area contributed by atoms with Crippen LogP contribution in [0.2, 0.25) is 0 Å². The number of carbonyl (C=O) groups is 1. The van der Waals surface area contributed by atoms with Crippen LogP contribution in [0, 0.1) is 5.82 Å². The summed E-state index contributed by atoms with van der Waals surface area (Å²) in [5.41, 5.74) is 0.787. The van der Waals surface area contributed by atoms with Crippen molar-refractivity contribution in [2.45, 2.75) is 13.0 Å². The number of fused-ring (bicyclic) bond motifs is 1. The quantitative estimate of drug-likeness (QED) is 0.884. The van der Waals surface area contributed by atoms with Gasteiger partial charge < -0.3 is 14.4 Å². The minimum atomic E-state index is -0.985. The molecule has 1 aromatic heterocycles. The van der Waals surface area contributed by atoms with Crippen LogP contribution in [0.5, 0.6) is 0 Å². The van der Waals surface area contributed by atoms with E-state index >= 15 is 0 Å². The van der Waals surface area contributed by atoms with E-state index in [9.17, 15) is 9.18 Å². The minimum Gasteiger partial charge on any atom is -0.480 e. The fraction of sp³-hybridized carbons (Fsp3) is 0.273. The van der Waals surface area contributed by atoms with Crippen molar-refractivity contribution < 1.29 is 18.7 Å². The number of oxazole rings is 1. The Hall–Kier alpha value is -2.11. The number of benzene rings is 1. The van der Waals surface area contributed by atoms with Gasteiger partial charge in [0.1, 0.15) is 17.4 Å². The topological polar surface area (TPSA) is 66.6 Å². The molecule has 2 aromatic rings. The first kappa shape index (κ1) is 11.4. The van der Waals surface area contributed by atoms with E-state index < -0.39 is 17.8 Å². The molecule has 17 heavy (non-hydrogen) atoms. The van der Waals surface area contributed by atoms with Gasteiger partial charge in [0.25, 0.3) is 6.01 Å². The maximum absolute atomic E-state index is 12.9. The molecule has 1 unspecified atom stereocenters. The summed E-state index contributed by atoms with van der Waals surface area (Å²) in [6.07, 6.45) is 0. The Balaban J connectivity index is 2.39. The lowest BCUT2D eigenvalue weighted by atomic mass is 10.3. The summed E-state index contributed by atoms with van der Waals surface area (Å²) in [4.78, 5) is 16.3. The third-order valence-corrected chi connectivity index (χ3v) is 2.58. The smallest absolute Gasteiger partial charge is 0.326 e. The summed E-state index contributed by atoms with van der Waals surface area (Å²) in [5, 5.41) is 8.86. The molecule has 0 amide bonds. The molecular formula is C11H11FN2O3. The van der Waals surface area contributed by atoms with Gasteiger partial charge in [-0.05, 0) is 19.1 Å². The van der Waals surface area contributed by atoms with Gasteiger partial charge >= 0.3 is 5.97 Å². The molecule has 6 heteroatoms. The van der Waals surface area contributed by atoms with E-state index in [1.54, 1.807) is 7.05 Å². The van der Waals surface area contributed by atoms with Crippen LogP contribution < -0.4 is 4.90 Å². The van der Waals surface area contributed by atoms with Crippen molar-refractivity contribution in [1.29, 1.82) is 0 Å². The number of hydrogen-bond donors (Lipinski definition) is 1. The molecule has 0 saturated heterocycles. The number of anilines is 1. The highest BCUT2D eigenvalue weighted by molar-refractivity contribution is 5.78. The second-order valence-corrected chi connectivity index (χ2v) is 3.73. The number of hydrogen-bond acceptors (Lipinski definition) is 4.